The molecule has 0 saturated carbocycles. The zero-order valence-corrected chi connectivity index (χ0v) is 19.5. The Labute approximate surface area is 185 Å². The highest BCUT2D eigenvalue weighted by Gasteiger charge is 2.17. The van der Waals surface area contributed by atoms with Crippen LogP contribution in [-0.4, -0.2) is 64.0 Å². The summed E-state index contributed by atoms with van der Waals surface area (Å²) in [5.74, 6) is 0.565. The number of nitrogens with zero attached hydrogens (tertiary/aromatic N) is 2. The first-order valence-electron chi connectivity index (χ1n) is 9.60. The Bertz CT molecular complexity index is 667. The molecule has 1 aromatic heterocycles. The second-order valence-corrected chi connectivity index (χ2v) is 8.34. The van der Waals surface area contributed by atoms with Crippen LogP contribution < -0.4 is 15.4 Å². The Morgan fingerprint density at radius 3 is 2.86 bits per heavy atom. The Kier molecular flexibility index (Phi) is 12.6. The van der Waals surface area contributed by atoms with Gasteiger partial charge in [-0.05, 0) is 38.3 Å². The van der Waals surface area contributed by atoms with E-state index in [4.69, 9.17) is 4.74 Å². The number of rotatable bonds is 10. The van der Waals surface area contributed by atoms with Gasteiger partial charge in [-0.25, -0.2) is 13.1 Å². The molecule has 3 N–H and O–H groups in total. The standard InChI is InChI=1S/C18H31N5O3S.HI/c1-2-19-18(21-11-9-16-7-3-5-10-20-16)22-12-14-27(24,25)23-15-17-8-4-6-13-26-17;/h3,5,7,10,17,23H,2,4,6,8-9,11-15H2,1H3,(H2,19,21,22);1H. The topological polar surface area (TPSA) is 105 Å². The van der Waals surface area contributed by atoms with Crippen molar-refractivity contribution in [2.45, 2.75) is 38.7 Å². The van der Waals surface area contributed by atoms with Crippen LogP contribution in [0.2, 0.25) is 0 Å². The van der Waals surface area contributed by atoms with Crippen molar-refractivity contribution in [3.05, 3.63) is 30.1 Å². The summed E-state index contributed by atoms with van der Waals surface area (Å²) in [5, 5.41) is 6.32. The van der Waals surface area contributed by atoms with Gasteiger partial charge in [-0.3, -0.25) is 9.98 Å². The molecule has 28 heavy (non-hydrogen) atoms. The van der Waals surface area contributed by atoms with E-state index >= 15 is 0 Å². The van der Waals surface area contributed by atoms with Gasteiger partial charge in [-0.15, -0.1) is 24.0 Å². The van der Waals surface area contributed by atoms with E-state index in [0.29, 0.717) is 32.2 Å². The average molecular weight is 525 g/mol. The van der Waals surface area contributed by atoms with E-state index in [-0.39, 0.29) is 42.4 Å². The number of aliphatic imine (C=N–C) groups is 1. The fourth-order valence-electron chi connectivity index (χ4n) is 2.73. The number of nitrogens with one attached hydrogen (secondary N) is 3. The van der Waals surface area contributed by atoms with Crippen LogP contribution in [0.25, 0.3) is 0 Å². The third kappa shape index (κ3) is 10.5. The van der Waals surface area contributed by atoms with E-state index in [2.05, 4.69) is 25.3 Å². The molecule has 0 amide bonds. The number of hydrogen-bond donors (Lipinski definition) is 3. The lowest BCUT2D eigenvalue weighted by atomic mass is 10.1. The molecule has 1 unspecified atom stereocenters. The fourth-order valence-corrected chi connectivity index (χ4v) is 3.65. The van der Waals surface area contributed by atoms with Crippen molar-refractivity contribution in [1.29, 1.82) is 0 Å². The number of pyridine rings is 1. The van der Waals surface area contributed by atoms with Crippen LogP contribution in [0, 0.1) is 0 Å². The van der Waals surface area contributed by atoms with Crippen molar-refractivity contribution in [3.63, 3.8) is 0 Å². The molecule has 160 valence electrons. The Morgan fingerprint density at radius 1 is 1.32 bits per heavy atom. The van der Waals surface area contributed by atoms with E-state index in [9.17, 15) is 8.42 Å². The summed E-state index contributed by atoms with van der Waals surface area (Å²) in [5.41, 5.74) is 0.998. The molecule has 1 saturated heterocycles. The molecule has 10 heteroatoms. The maximum Gasteiger partial charge on any atom is 0.213 e. The molecule has 0 radical (unpaired) electrons. The number of hydrogen-bond acceptors (Lipinski definition) is 5. The van der Waals surface area contributed by atoms with Crippen LogP contribution in [0.5, 0.6) is 0 Å². The lowest BCUT2D eigenvalue weighted by Gasteiger charge is -2.22. The molecule has 0 aromatic carbocycles. The third-order valence-electron chi connectivity index (χ3n) is 4.18. The Hall–Kier alpha value is -0.980. The van der Waals surface area contributed by atoms with Gasteiger partial charge in [0.05, 0.1) is 18.4 Å². The molecule has 2 heterocycles. The minimum atomic E-state index is -3.36. The van der Waals surface area contributed by atoms with Crippen molar-refractivity contribution in [1.82, 2.24) is 20.3 Å². The van der Waals surface area contributed by atoms with Gasteiger partial charge in [0.25, 0.3) is 0 Å². The fraction of sp³-hybridized carbons (Fsp3) is 0.667. The van der Waals surface area contributed by atoms with E-state index in [0.717, 1.165) is 31.4 Å². The highest BCUT2D eigenvalue weighted by molar-refractivity contribution is 14.0. The van der Waals surface area contributed by atoms with Crippen LogP contribution >= 0.6 is 24.0 Å². The van der Waals surface area contributed by atoms with Gasteiger partial charge in [0.1, 0.15) is 0 Å². The third-order valence-corrected chi connectivity index (χ3v) is 5.51. The Morgan fingerprint density at radius 2 is 2.18 bits per heavy atom. The van der Waals surface area contributed by atoms with Crippen LogP contribution in [0.15, 0.2) is 29.4 Å². The van der Waals surface area contributed by atoms with E-state index in [1.54, 1.807) is 6.20 Å². The summed E-state index contributed by atoms with van der Waals surface area (Å²) in [6.07, 6.45) is 5.58. The quantitative estimate of drug-likeness (QED) is 0.242. The van der Waals surface area contributed by atoms with Crippen molar-refractivity contribution in [2.75, 3.05) is 38.5 Å². The van der Waals surface area contributed by atoms with Gasteiger partial charge in [0.2, 0.25) is 10.0 Å². The number of sulfonamides is 1. The number of ether oxygens (including phenoxy) is 1. The first kappa shape index (κ1) is 25.1. The van der Waals surface area contributed by atoms with Gasteiger partial charge in [0.15, 0.2) is 5.96 Å². The maximum absolute atomic E-state index is 12.1. The number of halogens is 1. The minimum Gasteiger partial charge on any atom is -0.377 e. The lowest BCUT2D eigenvalue weighted by Crippen LogP contribution is -2.39. The van der Waals surface area contributed by atoms with Crippen molar-refractivity contribution < 1.29 is 13.2 Å². The average Bonchev–Trinajstić information content (AvgIpc) is 2.68. The smallest absolute Gasteiger partial charge is 0.213 e. The molecule has 0 bridgehead atoms. The molecular formula is C18H32IN5O3S. The molecule has 1 atom stereocenters. The molecule has 1 aromatic rings. The zero-order chi connectivity index (χ0) is 19.4. The van der Waals surface area contributed by atoms with Crippen LogP contribution in [-0.2, 0) is 21.2 Å². The summed E-state index contributed by atoms with van der Waals surface area (Å²) in [4.78, 5) is 8.63. The van der Waals surface area contributed by atoms with E-state index < -0.39 is 10.0 Å². The summed E-state index contributed by atoms with van der Waals surface area (Å²) >= 11 is 0. The number of guanidine groups is 1. The molecule has 8 nitrogen and oxygen atoms in total. The van der Waals surface area contributed by atoms with Crippen LogP contribution in [0.3, 0.4) is 0 Å². The molecule has 0 spiro atoms. The highest BCUT2D eigenvalue weighted by Crippen LogP contribution is 2.11. The predicted octanol–water partition coefficient (Wildman–Crippen LogP) is 1.29. The van der Waals surface area contributed by atoms with E-state index in [1.807, 2.05) is 25.1 Å². The highest BCUT2D eigenvalue weighted by atomic mass is 127. The zero-order valence-electron chi connectivity index (χ0n) is 16.4. The molecule has 2 rings (SSSR count). The van der Waals surface area contributed by atoms with E-state index in [1.165, 1.54) is 0 Å². The van der Waals surface area contributed by atoms with Gasteiger partial charge < -0.3 is 15.4 Å². The maximum atomic E-state index is 12.1. The minimum absolute atomic E-state index is 0. The lowest BCUT2D eigenvalue weighted by molar-refractivity contribution is 0.0200. The molecular weight excluding hydrogens is 493 g/mol. The summed E-state index contributed by atoms with van der Waals surface area (Å²) < 4.78 is 32.4. The first-order valence-corrected chi connectivity index (χ1v) is 11.3. The molecule has 0 aliphatic carbocycles. The monoisotopic (exact) mass is 525 g/mol. The summed E-state index contributed by atoms with van der Waals surface area (Å²) in [6.45, 7) is 4.60. The number of aromatic nitrogens is 1. The molecule has 1 fully saturated rings. The van der Waals surface area contributed by atoms with Gasteiger partial charge in [0, 0.05) is 44.6 Å². The van der Waals surface area contributed by atoms with Crippen molar-refractivity contribution >= 4 is 40.0 Å². The van der Waals surface area contributed by atoms with Crippen LogP contribution in [0.1, 0.15) is 31.9 Å². The summed E-state index contributed by atoms with van der Waals surface area (Å²) in [6, 6.07) is 5.81. The molecule has 1 aliphatic heterocycles. The second kappa shape index (κ2) is 14.1. The second-order valence-electron chi connectivity index (χ2n) is 6.41. The van der Waals surface area contributed by atoms with Gasteiger partial charge >= 0.3 is 0 Å². The predicted molar refractivity (Wildman–Crippen MR) is 123 cm³/mol. The SMILES string of the molecule is CCNC(=NCCS(=O)(=O)NCC1CCCCO1)NCCc1ccccn1.I. The van der Waals surface area contributed by atoms with Gasteiger partial charge in [-0.1, -0.05) is 6.07 Å². The van der Waals surface area contributed by atoms with Gasteiger partial charge in [-0.2, -0.15) is 0 Å². The summed E-state index contributed by atoms with van der Waals surface area (Å²) in [7, 11) is -3.36. The molecule has 1 aliphatic rings. The van der Waals surface area contributed by atoms with Crippen molar-refractivity contribution in [3.8, 4) is 0 Å². The van der Waals surface area contributed by atoms with Crippen LogP contribution in [0.4, 0.5) is 0 Å². The van der Waals surface area contributed by atoms with Crippen molar-refractivity contribution in [2.24, 2.45) is 4.99 Å². The normalized spacial score (nSPS) is 17.6. The Balaban J connectivity index is 0.00000392. The first-order chi connectivity index (χ1) is 13.1. The largest absolute Gasteiger partial charge is 0.377 e.